The number of benzene rings is 2. The molecule has 192 valence electrons. The largest absolute Gasteiger partial charge is 0.497 e. The first-order valence-corrected chi connectivity index (χ1v) is 12.7. The molecule has 1 unspecified atom stereocenters. The number of aliphatic hydroxyl groups is 2. The third-order valence-electron chi connectivity index (χ3n) is 7.65. The number of ether oxygens (including phenoxy) is 1. The normalized spacial score (nSPS) is 16.6. The summed E-state index contributed by atoms with van der Waals surface area (Å²) in [6, 6.07) is 15.8. The van der Waals surface area contributed by atoms with Gasteiger partial charge in [-0.05, 0) is 87.5 Å². The molecule has 0 spiro atoms. The first kappa shape index (κ1) is 26.1. The molecule has 1 fully saturated rings. The topological polar surface area (TPSA) is 103 Å². The molecule has 2 heterocycles. The van der Waals surface area contributed by atoms with E-state index in [0.29, 0.717) is 53.5 Å². The number of aryl methyl sites for hydroxylation is 1. The summed E-state index contributed by atoms with van der Waals surface area (Å²) in [5.41, 5.74) is 2.31. The molecule has 7 heteroatoms. The van der Waals surface area contributed by atoms with Crippen LogP contribution < -0.4 is 4.74 Å². The van der Waals surface area contributed by atoms with Crippen molar-refractivity contribution in [2.24, 2.45) is 5.41 Å². The highest BCUT2D eigenvalue weighted by atomic mass is 16.5. The average molecular weight is 493 g/mol. The van der Waals surface area contributed by atoms with Crippen LogP contribution in [0.3, 0.4) is 0 Å². The van der Waals surface area contributed by atoms with Gasteiger partial charge in [0.2, 0.25) is 0 Å². The predicted octanol–water partition coefficient (Wildman–Crippen LogP) is 4.35. The Bertz CT molecular complexity index is 1150. The first-order chi connectivity index (χ1) is 17.5. The quantitative estimate of drug-likeness (QED) is 0.366. The zero-order valence-corrected chi connectivity index (χ0v) is 20.9. The molecule has 1 aliphatic rings. The van der Waals surface area contributed by atoms with Crippen LogP contribution in [0, 0.1) is 5.41 Å². The molecule has 1 saturated heterocycles. The van der Waals surface area contributed by atoms with Crippen LogP contribution >= 0.6 is 0 Å². The summed E-state index contributed by atoms with van der Waals surface area (Å²) in [5.74, 6) is -0.156. The number of likely N-dealkylation sites (tertiary alicyclic amines) is 1. The van der Waals surface area contributed by atoms with Crippen LogP contribution in [-0.4, -0.2) is 57.9 Å². The van der Waals surface area contributed by atoms with Crippen LogP contribution in [0.5, 0.6) is 5.75 Å². The molecule has 0 bridgehead atoms. The monoisotopic (exact) mass is 492 g/mol. The Labute approximate surface area is 212 Å². The minimum Gasteiger partial charge on any atom is -0.497 e. The van der Waals surface area contributed by atoms with Gasteiger partial charge in [0.25, 0.3) is 0 Å². The molecule has 0 aliphatic carbocycles. The van der Waals surface area contributed by atoms with Gasteiger partial charge in [0.15, 0.2) is 0 Å². The van der Waals surface area contributed by atoms with Gasteiger partial charge in [-0.2, -0.15) is 0 Å². The molecule has 0 saturated carbocycles. The lowest BCUT2D eigenvalue weighted by Crippen LogP contribution is -2.44. The van der Waals surface area contributed by atoms with Gasteiger partial charge >= 0.3 is 5.97 Å². The van der Waals surface area contributed by atoms with Crippen LogP contribution in [0.1, 0.15) is 54.9 Å². The number of aliphatic hydroxyl groups excluding tert-OH is 2. The number of carboxylic acids is 1. The van der Waals surface area contributed by atoms with E-state index in [4.69, 9.17) is 4.74 Å². The van der Waals surface area contributed by atoms with Gasteiger partial charge in [-0.15, -0.1) is 0 Å². The Balaban J connectivity index is 1.40. The Kier molecular flexibility index (Phi) is 8.56. The van der Waals surface area contributed by atoms with Crippen LogP contribution in [-0.2, 0) is 17.8 Å². The molecule has 1 aromatic heterocycles. The van der Waals surface area contributed by atoms with Gasteiger partial charge in [-0.3, -0.25) is 9.78 Å². The highest BCUT2D eigenvalue weighted by Crippen LogP contribution is 2.40. The SMILES string of the molecule is COc1ccc2ncc(CO)c(C(O)CCC3(C(=O)O)CCN(CCCc4ccccc4)CC3)c2c1. The number of pyridine rings is 1. The zero-order chi connectivity index (χ0) is 25.5. The molecule has 7 nitrogen and oxygen atoms in total. The van der Waals surface area contributed by atoms with Crippen LogP contribution in [0.2, 0.25) is 0 Å². The summed E-state index contributed by atoms with van der Waals surface area (Å²) in [6.45, 7) is 2.19. The Hall–Kier alpha value is -3.00. The van der Waals surface area contributed by atoms with Crippen molar-refractivity contribution < 1.29 is 24.9 Å². The summed E-state index contributed by atoms with van der Waals surface area (Å²) in [7, 11) is 1.57. The van der Waals surface area contributed by atoms with Crippen molar-refractivity contribution in [1.29, 1.82) is 0 Å². The van der Waals surface area contributed by atoms with E-state index < -0.39 is 17.5 Å². The Morgan fingerprint density at radius 3 is 2.58 bits per heavy atom. The summed E-state index contributed by atoms with van der Waals surface area (Å²) >= 11 is 0. The summed E-state index contributed by atoms with van der Waals surface area (Å²) < 4.78 is 5.34. The van der Waals surface area contributed by atoms with E-state index in [9.17, 15) is 20.1 Å². The maximum atomic E-state index is 12.4. The molecule has 1 aliphatic heterocycles. The number of carboxylic acid groups (broad SMARTS) is 1. The fourth-order valence-corrected chi connectivity index (χ4v) is 5.36. The molecule has 0 radical (unpaired) electrons. The van der Waals surface area contributed by atoms with Crippen molar-refractivity contribution in [3.8, 4) is 5.75 Å². The maximum Gasteiger partial charge on any atom is 0.309 e. The highest BCUT2D eigenvalue weighted by molar-refractivity contribution is 5.85. The molecule has 0 amide bonds. The summed E-state index contributed by atoms with van der Waals surface area (Å²) in [6.07, 6.45) is 4.54. The number of piperidine rings is 1. The van der Waals surface area contributed by atoms with Crippen molar-refractivity contribution in [3.05, 3.63) is 71.4 Å². The lowest BCUT2D eigenvalue weighted by Gasteiger charge is -2.39. The molecule has 3 aromatic rings. The fraction of sp³-hybridized carbons (Fsp3) is 0.448. The molecule has 3 N–H and O–H groups in total. The van der Waals surface area contributed by atoms with Crippen molar-refractivity contribution in [3.63, 3.8) is 0 Å². The van der Waals surface area contributed by atoms with Crippen LogP contribution in [0.25, 0.3) is 10.9 Å². The second-order valence-electron chi connectivity index (χ2n) is 9.81. The number of carbonyl (C=O) groups is 1. The van der Waals surface area contributed by atoms with E-state index in [1.54, 1.807) is 25.4 Å². The molecule has 4 rings (SSSR count). The minimum atomic E-state index is -0.912. The van der Waals surface area contributed by atoms with Crippen molar-refractivity contribution in [2.45, 2.75) is 51.2 Å². The molecule has 2 aromatic carbocycles. The number of hydrogen-bond acceptors (Lipinski definition) is 6. The van der Waals surface area contributed by atoms with E-state index >= 15 is 0 Å². The number of rotatable bonds is 11. The third kappa shape index (κ3) is 5.86. The molecule has 36 heavy (non-hydrogen) atoms. The van der Waals surface area contributed by atoms with Gasteiger partial charge in [-0.1, -0.05) is 30.3 Å². The number of fused-ring (bicyclic) bond motifs is 1. The minimum absolute atomic E-state index is 0.255. The Morgan fingerprint density at radius 2 is 1.92 bits per heavy atom. The van der Waals surface area contributed by atoms with E-state index in [0.717, 1.165) is 32.5 Å². The van der Waals surface area contributed by atoms with E-state index in [1.807, 2.05) is 12.1 Å². The molecular weight excluding hydrogens is 456 g/mol. The lowest BCUT2D eigenvalue weighted by molar-refractivity contribution is -0.153. The van der Waals surface area contributed by atoms with Crippen molar-refractivity contribution in [1.82, 2.24) is 9.88 Å². The van der Waals surface area contributed by atoms with E-state index in [1.165, 1.54) is 5.56 Å². The zero-order valence-electron chi connectivity index (χ0n) is 20.9. The standard InChI is InChI=1S/C29H36N2O5/c1-36-23-9-10-25-24(18-23)27(22(20-32)19-30-25)26(33)11-12-29(28(34)35)13-16-31(17-14-29)15-5-8-21-6-3-2-4-7-21/h2-4,6-7,9-10,18-19,26,32-33H,5,8,11-17,20H2,1H3,(H,34,35). The number of methoxy groups -OCH3 is 1. The van der Waals surface area contributed by atoms with Crippen molar-refractivity contribution in [2.75, 3.05) is 26.7 Å². The number of hydrogen-bond donors (Lipinski definition) is 3. The maximum absolute atomic E-state index is 12.4. The second kappa shape index (κ2) is 11.8. The number of aromatic nitrogens is 1. The van der Waals surface area contributed by atoms with Crippen LogP contribution in [0.4, 0.5) is 0 Å². The predicted molar refractivity (Wildman–Crippen MR) is 139 cm³/mol. The van der Waals surface area contributed by atoms with E-state index in [-0.39, 0.29) is 6.61 Å². The van der Waals surface area contributed by atoms with E-state index in [2.05, 4.69) is 34.1 Å². The average Bonchev–Trinajstić information content (AvgIpc) is 2.92. The first-order valence-electron chi connectivity index (χ1n) is 12.7. The van der Waals surface area contributed by atoms with Gasteiger partial charge < -0.3 is 25.0 Å². The van der Waals surface area contributed by atoms with Gasteiger partial charge in [0, 0.05) is 17.1 Å². The number of nitrogens with zero attached hydrogens (tertiary/aromatic N) is 2. The molecular formula is C29H36N2O5. The summed E-state index contributed by atoms with van der Waals surface area (Å²) in [4.78, 5) is 19.1. The third-order valence-corrected chi connectivity index (χ3v) is 7.65. The molecule has 1 atom stereocenters. The van der Waals surface area contributed by atoms with Gasteiger partial charge in [0.05, 0.1) is 30.8 Å². The fourth-order valence-electron chi connectivity index (χ4n) is 5.36. The van der Waals surface area contributed by atoms with Crippen molar-refractivity contribution >= 4 is 16.9 Å². The Morgan fingerprint density at radius 1 is 1.17 bits per heavy atom. The lowest BCUT2D eigenvalue weighted by atomic mass is 9.73. The van der Waals surface area contributed by atoms with Gasteiger partial charge in [0.1, 0.15) is 5.75 Å². The number of aliphatic carboxylic acids is 1. The smallest absolute Gasteiger partial charge is 0.309 e. The summed E-state index contributed by atoms with van der Waals surface area (Å²) in [5, 5.41) is 32.0. The van der Waals surface area contributed by atoms with Gasteiger partial charge in [-0.25, -0.2) is 0 Å². The highest BCUT2D eigenvalue weighted by Gasteiger charge is 2.41. The van der Waals surface area contributed by atoms with Crippen LogP contribution in [0.15, 0.2) is 54.7 Å². The second-order valence-corrected chi connectivity index (χ2v) is 9.81.